The molecular weight excluding hydrogens is 280 g/mol. The van der Waals surface area contributed by atoms with Crippen molar-refractivity contribution in [1.29, 1.82) is 0 Å². The van der Waals surface area contributed by atoms with E-state index in [1.54, 1.807) is 6.92 Å². The lowest BCUT2D eigenvalue weighted by Gasteiger charge is -2.08. The zero-order chi connectivity index (χ0) is 15.2. The van der Waals surface area contributed by atoms with Crippen molar-refractivity contribution in [2.24, 2.45) is 5.73 Å². The van der Waals surface area contributed by atoms with Crippen LogP contribution >= 0.6 is 0 Å². The van der Waals surface area contributed by atoms with Crippen molar-refractivity contribution >= 4 is 10.0 Å². The van der Waals surface area contributed by atoms with Crippen LogP contribution in [0.15, 0.2) is 5.03 Å². The Labute approximate surface area is 120 Å². The maximum atomic E-state index is 12.1. The van der Waals surface area contributed by atoms with Crippen LogP contribution in [0.2, 0.25) is 0 Å². The number of aromatic amines is 1. The molecule has 1 aromatic heterocycles. The van der Waals surface area contributed by atoms with Crippen molar-refractivity contribution in [1.82, 2.24) is 14.9 Å². The highest BCUT2D eigenvalue weighted by Gasteiger charge is 2.22. The molecule has 116 valence electrons. The molecule has 0 radical (unpaired) electrons. The quantitative estimate of drug-likeness (QED) is 0.580. The Morgan fingerprint density at radius 2 is 2.10 bits per heavy atom. The van der Waals surface area contributed by atoms with Gasteiger partial charge in [-0.1, -0.05) is 0 Å². The zero-order valence-corrected chi connectivity index (χ0v) is 13.1. The van der Waals surface area contributed by atoms with Crippen LogP contribution in [-0.2, 0) is 21.3 Å². The number of H-pyrrole nitrogens is 1. The third kappa shape index (κ3) is 4.86. The number of ether oxygens (including phenoxy) is 1. The van der Waals surface area contributed by atoms with Crippen molar-refractivity contribution in [3.05, 3.63) is 11.3 Å². The van der Waals surface area contributed by atoms with Crippen molar-refractivity contribution in [3.8, 4) is 0 Å². The van der Waals surface area contributed by atoms with Gasteiger partial charge in [-0.25, -0.2) is 13.1 Å². The standard InChI is InChI=1S/C12H24N4O3S/c1-9(2)19-7-5-4-6-14-20(17,18)12-11(8-13)10(3)15-16-12/h9,14H,4-8,13H2,1-3H3,(H,15,16). The van der Waals surface area contributed by atoms with Crippen LogP contribution in [0.5, 0.6) is 0 Å². The van der Waals surface area contributed by atoms with E-state index >= 15 is 0 Å². The highest BCUT2D eigenvalue weighted by atomic mass is 32.2. The van der Waals surface area contributed by atoms with Crippen LogP contribution in [0, 0.1) is 6.92 Å². The summed E-state index contributed by atoms with van der Waals surface area (Å²) < 4.78 is 32.1. The fraction of sp³-hybridized carbons (Fsp3) is 0.750. The molecule has 8 heteroatoms. The molecule has 0 spiro atoms. The first kappa shape index (κ1) is 17.1. The largest absolute Gasteiger partial charge is 0.379 e. The van der Waals surface area contributed by atoms with E-state index in [0.717, 1.165) is 6.42 Å². The molecule has 0 saturated heterocycles. The number of unbranched alkanes of at least 4 members (excludes halogenated alkanes) is 1. The monoisotopic (exact) mass is 304 g/mol. The second-order valence-electron chi connectivity index (χ2n) is 4.86. The maximum absolute atomic E-state index is 12.1. The van der Waals surface area contributed by atoms with Crippen molar-refractivity contribution in [3.63, 3.8) is 0 Å². The lowest BCUT2D eigenvalue weighted by molar-refractivity contribution is 0.0762. The summed E-state index contributed by atoms with van der Waals surface area (Å²) in [4.78, 5) is 0. The van der Waals surface area contributed by atoms with Gasteiger partial charge in [0.05, 0.1) is 6.10 Å². The van der Waals surface area contributed by atoms with E-state index in [9.17, 15) is 8.42 Å². The van der Waals surface area contributed by atoms with Crippen LogP contribution in [0.1, 0.15) is 37.9 Å². The minimum absolute atomic E-state index is 0.00377. The number of hydrogen-bond acceptors (Lipinski definition) is 5. The summed E-state index contributed by atoms with van der Waals surface area (Å²) in [6, 6.07) is 0. The molecule has 0 saturated carbocycles. The number of aromatic nitrogens is 2. The predicted octanol–water partition coefficient (Wildman–Crippen LogP) is 0.660. The van der Waals surface area contributed by atoms with E-state index in [0.29, 0.717) is 30.8 Å². The summed E-state index contributed by atoms with van der Waals surface area (Å²) in [5, 5.41) is 6.46. The molecule has 4 N–H and O–H groups in total. The molecule has 0 aliphatic carbocycles. The topological polar surface area (TPSA) is 110 Å². The Bertz CT molecular complexity index is 511. The molecule has 0 aliphatic rings. The van der Waals surface area contributed by atoms with E-state index in [1.165, 1.54) is 0 Å². The normalized spacial score (nSPS) is 12.2. The fourth-order valence-electron chi connectivity index (χ4n) is 1.71. The number of sulfonamides is 1. The van der Waals surface area contributed by atoms with Gasteiger partial charge in [-0.2, -0.15) is 5.10 Å². The highest BCUT2D eigenvalue weighted by molar-refractivity contribution is 7.89. The summed E-state index contributed by atoms with van der Waals surface area (Å²) in [7, 11) is -3.60. The average Bonchev–Trinajstić information content (AvgIpc) is 2.75. The zero-order valence-electron chi connectivity index (χ0n) is 12.3. The molecule has 0 aromatic carbocycles. The number of nitrogens with two attached hydrogens (primary N) is 1. The number of aryl methyl sites for hydroxylation is 1. The SMILES string of the molecule is Cc1[nH]nc(S(=O)(=O)NCCCCOC(C)C)c1CN. The van der Waals surface area contributed by atoms with Gasteiger partial charge < -0.3 is 10.5 Å². The van der Waals surface area contributed by atoms with Crippen LogP contribution in [-0.4, -0.2) is 37.9 Å². The van der Waals surface area contributed by atoms with E-state index in [2.05, 4.69) is 14.9 Å². The number of hydrogen-bond donors (Lipinski definition) is 3. The molecule has 0 atom stereocenters. The Kier molecular flexibility index (Phi) is 6.60. The van der Waals surface area contributed by atoms with Crippen molar-refractivity contribution < 1.29 is 13.2 Å². The Balaban J connectivity index is 2.46. The van der Waals surface area contributed by atoms with Crippen molar-refractivity contribution in [2.75, 3.05) is 13.2 Å². The van der Waals surface area contributed by atoms with Gasteiger partial charge in [0.15, 0.2) is 5.03 Å². The Hall–Kier alpha value is -0.960. The average molecular weight is 304 g/mol. The second-order valence-corrected chi connectivity index (χ2v) is 6.54. The number of rotatable bonds is 9. The smallest absolute Gasteiger partial charge is 0.260 e. The molecule has 0 bridgehead atoms. The predicted molar refractivity (Wildman–Crippen MR) is 76.7 cm³/mol. The molecule has 0 fully saturated rings. The van der Waals surface area contributed by atoms with Gasteiger partial charge >= 0.3 is 0 Å². The first-order valence-corrected chi connectivity index (χ1v) is 8.22. The fourth-order valence-corrected chi connectivity index (χ4v) is 2.99. The first-order valence-electron chi connectivity index (χ1n) is 6.73. The van der Waals surface area contributed by atoms with Gasteiger partial charge in [-0.3, -0.25) is 5.10 Å². The summed E-state index contributed by atoms with van der Waals surface area (Å²) in [5.74, 6) is 0. The highest BCUT2D eigenvalue weighted by Crippen LogP contribution is 2.15. The van der Waals surface area contributed by atoms with Gasteiger partial charge in [-0.05, 0) is 33.6 Å². The van der Waals surface area contributed by atoms with Gasteiger partial charge in [0.25, 0.3) is 10.0 Å². The molecule has 1 rings (SSSR count). The van der Waals surface area contributed by atoms with Crippen LogP contribution in [0.25, 0.3) is 0 Å². The van der Waals surface area contributed by atoms with Gasteiger partial charge in [0.1, 0.15) is 0 Å². The Morgan fingerprint density at radius 1 is 1.40 bits per heavy atom. The van der Waals surface area contributed by atoms with Crippen LogP contribution in [0.3, 0.4) is 0 Å². The number of nitrogens with zero attached hydrogens (tertiary/aromatic N) is 1. The second kappa shape index (κ2) is 7.72. The van der Waals surface area contributed by atoms with Crippen LogP contribution < -0.4 is 10.5 Å². The molecule has 0 aliphatic heterocycles. The van der Waals surface area contributed by atoms with Gasteiger partial charge in [-0.15, -0.1) is 0 Å². The molecular formula is C12H24N4O3S. The summed E-state index contributed by atoms with van der Waals surface area (Å²) in [6.45, 7) is 6.82. The van der Waals surface area contributed by atoms with Gasteiger partial charge in [0.2, 0.25) is 0 Å². The minimum atomic E-state index is -3.60. The summed E-state index contributed by atoms with van der Waals surface area (Å²) in [6.07, 6.45) is 1.72. The van der Waals surface area contributed by atoms with Crippen LogP contribution in [0.4, 0.5) is 0 Å². The van der Waals surface area contributed by atoms with Gasteiger partial charge in [0, 0.05) is 31.0 Å². The van der Waals surface area contributed by atoms with E-state index in [4.69, 9.17) is 10.5 Å². The molecule has 1 heterocycles. The molecule has 0 amide bonds. The molecule has 20 heavy (non-hydrogen) atoms. The third-order valence-electron chi connectivity index (χ3n) is 2.81. The molecule has 1 aromatic rings. The molecule has 0 unspecified atom stereocenters. The summed E-state index contributed by atoms with van der Waals surface area (Å²) in [5.41, 5.74) is 6.75. The van der Waals surface area contributed by atoms with E-state index in [-0.39, 0.29) is 17.7 Å². The summed E-state index contributed by atoms with van der Waals surface area (Å²) >= 11 is 0. The van der Waals surface area contributed by atoms with E-state index in [1.807, 2.05) is 13.8 Å². The maximum Gasteiger partial charge on any atom is 0.260 e. The Morgan fingerprint density at radius 3 is 2.70 bits per heavy atom. The first-order chi connectivity index (χ1) is 9.38. The lowest BCUT2D eigenvalue weighted by Crippen LogP contribution is -2.26. The lowest BCUT2D eigenvalue weighted by atomic mass is 10.3. The molecule has 7 nitrogen and oxygen atoms in total. The minimum Gasteiger partial charge on any atom is -0.379 e. The number of nitrogens with one attached hydrogen (secondary N) is 2. The third-order valence-corrected chi connectivity index (χ3v) is 4.24. The van der Waals surface area contributed by atoms with Crippen molar-refractivity contribution in [2.45, 2.75) is 51.3 Å². The van der Waals surface area contributed by atoms with E-state index < -0.39 is 10.0 Å².